The van der Waals surface area contributed by atoms with Crippen molar-refractivity contribution in [2.75, 3.05) is 12.4 Å². The van der Waals surface area contributed by atoms with Crippen LogP contribution < -0.4 is 10.6 Å². The molecule has 0 aromatic carbocycles. The molecular weight excluding hydrogens is 462 g/mol. The zero-order valence-corrected chi connectivity index (χ0v) is 19.9. The number of hydrogen-bond acceptors (Lipinski definition) is 7. The molecule has 2 aliphatic carbocycles. The van der Waals surface area contributed by atoms with Crippen molar-refractivity contribution in [1.29, 1.82) is 0 Å². The van der Waals surface area contributed by atoms with E-state index >= 15 is 0 Å². The predicted molar refractivity (Wildman–Crippen MR) is 127 cm³/mol. The van der Waals surface area contributed by atoms with Crippen LogP contribution in [0.4, 0.5) is 5.69 Å². The first-order valence-electron chi connectivity index (χ1n) is 10.8. The molecule has 0 aliphatic heterocycles. The van der Waals surface area contributed by atoms with Gasteiger partial charge in [0, 0.05) is 19.0 Å². The number of hydrogen-bond donors (Lipinski definition) is 4. The zero-order chi connectivity index (χ0) is 23.5. The normalized spacial score (nSPS) is 27.8. The molecule has 4 N–H and O–H groups in total. The highest BCUT2D eigenvalue weighted by Gasteiger charge is 2.75. The molecule has 172 valence electrons. The summed E-state index contributed by atoms with van der Waals surface area (Å²) in [5.41, 5.74) is 1.55. The van der Waals surface area contributed by atoms with Crippen LogP contribution in [0.3, 0.4) is 0 Å². The molecule has 3 heterocycles. The van der Waals surface area contributed by atoms with E-state index in [1.54, 1.807) is 24.0 Å². The van der Waals surface area contributed by atoms with Crippen molar-refractivity contribution in [3.05, 3.63) is 39.4 Å². The number of aliphatic hydroxyl groups is 2. The maximum atomic E-state index is 12.5. The van der Waals surface area contributed by atoms with E-state index in [1.807, 2.05) is 26.0 Å². The smallest absolute Gasteiger partial charge is 0.229 e. The number of amides is 1. The molecule has 10 heteroatoms. The summed E-state index contributed by atoms with van der Waals surface area (Å²) in [5.74, 6) is 5.74. The van der Waals surface area contributed by atoms with E-state index in [0.717, 1.165) is 10.6 Å². The van der Waals surface area contributed by atoms with Gasteiger partial charge in [-0.2, -0.15) is 0 Å². The molecular formula is C23H24ClN5O3S. The first-order chi connectivity index (χ1) is 15.8. The van der Waals surface area contributed by atoms with Gasteiger partial charge >= 0.3 is 0 Å². The monoisotopic (exact) mass is 485 g/mol. The van der Waals surface area contributed by atoms with Crippen LogP contribution >= 0.6 is 22.9 Å². The molecule has 33 heavy (non-hydrogen) atoms. The topological polar surface area (TPSA) is 112 Å². The van der Waals surface area contributed by atoms with Gasteiger partial charge in [0.25, 0.3) is 0 Å². The second-order valence-electron chi connectivity index (χ2n) is 8.89. The van der Waals surface area contributed by atoms with Crippen molar-refractivity contribution in [3.63, 3.8) is 0 Å². The molecule has 5 atom stereocenters. The fourth-order valence-corrected chi connectivity index (χ4v) is 5.90. The van der Waals surface area contributed by atoms with Crippen LogP contribution in [0.2, 0.25) is 4.34 Å². The van der Waals surface area contributed by atoms with Gasteiger partial charge in [-0.15, -0.1) is 11.3 Å². The lowest BCUT2D eigenvalue weighted by Gasteiger charge is -2.23. The SMILES string of the molecule is CNC(=O)[C@]12CC1[C@@H](n1cnc3c(NC(C)C)cc(C#Cc4ccc(Cl)s4)nc31)C(O)[C@@H]2O. The summed E-state index contributed by atoms with van der Waals surface area (Å²) in [7, 11) is 1.54. The van der Waals surface area contributed by atoms with Crippen molar-refractivity contribution >= 4 is 45.7 Å². The Morgan fingerprint density at radius 3 is 2.82 bits per heavy atom. The van der Waals surface area contributed by atoms with Gasteiger partial charge in [-0.25, -0.2) is 9.97 Å². The Bertz CT molecular complexity index is 1310. The van der Waals surface area contributed by atoms with E-state index in [0.29, 0.717) is 27.6 Å². The molecule has 2 aliphatic rings. The van der Waals surface area contributed by atoms with Gasteiger partial charge in [0.1, 0.15) is 17.3 Å². The fraction of sp³-hybridized carbons (Fsp3) is 0.435. The highest BCUT2D eigenvalue weighted by Crippen LogP contribution is 2.67. The van der Waals surface area contributed by atoms with Gasteiger partial charge in [0.15, 0.2) is 5.65 Å². The van der Waals surface area contributed by atoms with Crippen LogP contribution in [0, 0.1) is 23.2 Å². The minimum atomic E-state index is -1.15. The summed E-state index contributed by atoms with van der Waals surface area (Å²) in [6.07, 6.45) is -0.127. The second-order valence-corrected chi connectivity index (χ2v) is 10.6. The largest absolute Gasteiger partial charge is 0.389 e. The van der Waals surface area contributed by atoms with Crippen molar-refractivity contribution < 1.29 is 15.0 Å². The number of halogens is 1. The fourth-order valence-electron chi connectivity index (χ4n) is 5.00. The maximum absolute atomic E-state index is 12.5. The van der Waals surface area contributed by atoms with Crippen LogP contribution in [0.5, 0.6) is 0 Å². The summed E-state index contributed by atoms with van der Waals surface area (Å²) in [6.45, 7) is 4.06. The lowest BCUT2D eigenvalue weighted by Crippen LogP contribution is -2.41. The van der Waals surface area contributed by atoms with Crippen molar-refractivity contribution in [2.45, 2.75) is 44.6 Å². The predicted octanol–water partition coefficient (Wildman–Crippen LogP) is 2.40. The Balaban J connectivity index is 1.60. The molecule has 0 bridgehead atoms. The minimum Gasteiger partial charge on any atom is -0.389 e. The molecule has 1 amide bonds. The Morgan fingerprint density at radius 2 is 2.15 bits per heavy atom. The number of nitrogens with one attached hydrogen (secondary N) is 2. The number of nitrogens with zero attached hydrogens (tertiary/aromatic N) is 3. The first-order valence-corrected chi connectivity index (χ1v) is 12.0. The molecule has 8 nitrogen and oxygen atoms in total. The van der Waals surface area contributed by atoms with Gasteiger partial charge in [0.05, 0.1) is 38.8 Å². The number of imidazole rings is 1. The third-order valence-corrected chi connectivity index (χ3v) is 7.65. The van der Waals surface area contributed by atoms with Gasteiger partial charge in [-0.1, -0.05) is 11.6 Å². The summed E-state index contributed by atoms with van der Waals surface area (Å²) >= 11 is 7.40. The van der Waals surface area contributed by atoms with Crippen LogP contribution in [-0.2, 0) is 4.79 Å². The Morgan fingerprint density at radius 1 is 1.36 bits per heavy atom. The number of thiophene rings is 1. The van der Waals surface area contributed by atoms with E-state index in [9.17, 15) is 15.0 Å². The van der Waals surface area contributed by atoms with Crippen LogP contribution in [0.1, 0.15) is 36.9 Å². The number of pyridine rings is 1. The van der Waals surface area contributed by atoms with Crippen LogP contribution in [0.25, 0.3) is 11.2 Å². The van der Waals surface area contributed by atoms with E-state index in [1.165, 1.54) is 11.3 Å². The minimum absolute atomic E-state index is 0.154. The van der Waals surface area contributed by atoms with E-state index < -0.39 is 23.7 Å². The number of fused-ring (bicyclic) bond motifs is 2. The van der Waals surface area contributed by atoms with Crippen molar-refractivity contribution in [2.24, 2.45) is 11.3 Å². The lowest BCUT2D eigenvalue weighted by molar-refractivity contribution is -0.132. The Labute approximate surface area is 200 Å². The molecule has 2 fully saturated rings. The molecule has 0 saturated heterocycles. The third-order valence-electron chi connectivity index (χ3n) is 6.50. The Hall–Kier alpha value is -2.64. The molecule has 0 spiro atoms. The summed E-state index contributed by atoms with van der Waals surface area (Å²) < 4.78 is 2.45. The number of rotatable bonds is 4. The molecule has 3 aromatic rings. The average Bonchev–Trinajstić information content (AvgIpc) is 3.03. The standard InChI is InChI=1S/C23H24ClN5O3S/c1-11(2)27-15-8-12(4-5-13-6-7-16(24)33-13)28-21-17(15)26-10-29(21)18-14-9-23(14,22(32)25-3)20(31)19(18)30/h6-8,10-11,14,18-20,30-31H,9H2,1-3H3,(H,25,32)(H,27,28)/t14?,18-,19?,20+,23-/m1/s1. The number of anilines is 1. The van der Waals surface area contributed by atoms with Crippen molar-refractivity contribution in [1.82, 2.24) is 19.9 Å². The Kier molecular flexibility index (Phi) is 5.37. The van der Waals surface area contributed by atoms with E-state index in [4.69, 9.17) is 16.6 Å². The summed E-state index contributed by atoms with van der Waals surface area (Å²) in [4.78, 5) is 22.6. The van der Waals surface area contributed by atoms with E-state index in [2.05, 4.69) is 27.5 Å². The van der Waals surface area contributed by atoms with E-state index in [-0.39, 0.29) is 17.9 Å². The quantitative estimate of drug-likeness (QED) is 0.422. The highest BCUT2D eigenvalue weighted by molar-refractivity contribution is 7.16. The summed E-state index contributed by atoms with van der Waals surface area (Å²) in [6, 6.07) is 5.15. The highest BCUT2D eigenvalue weighted by atomic mass is 35.5. The molecule has 0 radical (unpaired) electrons. The lowest BCUT2D eigenvalue weighted by atomic mass is 9.98. The maximum Gasteiger partial charge on any atom is 0.229 e. The number of aromatic nitrogens is 3. The molecule has 5 rings (SSSR count). The number of aliphatic hydroxyl groups excluding tert-OH is 2. The third kappa shape index (κ3) is 3.49. The van der Waals surface area contributed by atoms with Crippen LogP contribution in [0.15, 0.2) is 24.5 Å². The number of carbonyl (C=O) groups is 1. The second kappa shape index (κ2) is 7.99. The number of carbonyl (C=O) groups excluding carboxylic acids is 1. The van der Waals surface area contributed by atoms with Crippen molar-refractivity contribution in [3.8, 4) is 11.8 Å². The zero-order valence-electron chi connectivity index (χ0n) is 18.3. The molecule has 2 saturated carbocycles. The average molecular weight is 486 g/mol. The molecule has 2 unspecified atom stereocenters. The van der Waals surface area contributed by atoms with Crippen LogP contribution in [-0.4, -0.2) is 56.0 Å². The van der Waals surface area contributed by atoms with Gasteiger partial charge < -0.3 is 25.4 Å². The summed E-state index contributed by atoms with van der Waals surface area (Å²) in [5, 5.41) is 27.6. The van der Waals surface area contributed by atoms with Gasteiger partial charge in [-0.05, 0) is 50.3 Å². The van der Waals surface area contributed by atoms with Gasteiger partial charge in [0.2, 0.25) is 5.91 Å². The molecule has 3 aromatic heterocycles. The first kappa shape index (κ1) is 22.2. The van der Waals surface area contributed by atoms with Gasteiger partial charge in [-0.3, -0.25) is 4.79 Å².